The predicted octanol–water partition coefficient (Wildman–Crippen LogP) is 2.00. The van der Waals surface area contributed by atoms with Gasteiger partial charge in [0, 0.05) is 11.0 Å². The van der Waals surface area contributed by atoms with Gasteiger partial charge in [0.15, 0.2) is 0 Å². The predicted molar refractivity (Wildman–Crippen MR) is 73.4 cm³/mol. The lowest BCUT2D eigenvalue weighted by atomic mass is 10.2. The summed E-state index contributed by atoms with van der Waals surface area (Å²) in [5.74, 6) is -1.09. The summed E-state index contributed by atoms with van der Waals surface area (Å²) < 4.78 is 26.9. The van der Waals surface area contributed by atoms with Crippen LogP contribution < -0.4 is 0 Å². The molecule has 1 aliphatic heterocycles. The number of benzene rings is 1. The van der Waals surface area contributed by atoms with Gasteiger partial charge in [0.1, 0.15) is 6.04 Å². The Kier molecular flexibility index (Phi) is 3.98. The average Bonchev–Trinajstić information content (AvgIpc) is 2.82. The summed E-state index contributed by atoms with van der Waals surface area (Å²) >= 11 is 3.29. The van der Waals surface area contributed by atoms with Gasteiger partial charge in [-0.3, -0.25) is 4.79 Å². The fourth-order valence-electron chi connectivity index (χ4n) is 2.27. The van der Waals surface area contributed by atoms with Gasteiger partial charge in [0.25, 0.3) is 0 Å². The van der Waals surface area contributed by atoms with Crippen LogP contribution in [0, 0.1) is 6.92 Å². The molecule has 0 amide bonds. The van der Waals surface area contributed by atoms with Crippen molar-refractivity contribution in [3.63, 3.8) is 0 Å². The summed E-state index contributed by atoms with van der Waals surface area (Å²) in [5, 5.41) is 9.10. The molecule has 0 radical (unpaired) electrons. The van der Waals surface area contributed by atoms with Crippen molar-refractivity contribution in [2.45, 2.75) is 30.7 Å². The molecule has 0 aliphatic carbocycles. The highest BCUT2D eigenvalue weighted by Gasteiger charge is 2.40. The highest BCUT2D eigenvalue weighted by molar-refractivity contribution is 9.10. The zero-order valence-electron chi connectivity index (χ0n) is 10.3. The molecule has 1 aliphatic rings. The number of halogens is 1. The average molecular weight is 348 g/mol. The minimum absolute atomic E-state index is 0.162. The molecular weight excluding hydrogens is 334 g/mol. The van der Waals surface area contributed by atoms with E-state index < -0.39 is 22.0 Å². The molecule has 19 heavy (non-hydrogen) atoms. The molecule has 1 heterocycles. The smallest absolute Gasteiger partial charge is 0.322 e. The lowest BCUT2D eigenvalue weighted by Gasteiger charge is -2.22. The Morgan fingerprint density at radius 1 is 1.47 bits per heavy atom. The van der Waals surface area contributed by atoms with Gasteiger partial charge in [-0.25, -0.2) is 8.42 Å². The normalized spacial score (nSPS) is 20.6. The number of carbonyl (C=O) groups is 1. The van der Waals surface area contributed by atoms with E-state index in [-0.39, 0.29) is 11.4 Å². The molecule has 104 valence electrons. The van der Waals surface area contributed by atoms with Crippen molar-refractivity contribution >= 4 is 31.9 Å². The second-order valence-corrected chi connectivity index (χ2v) is 7.19. The minimum Gasteiger partial charge on any atom is -0.480 e. The first-order valence-corrected chi connectivity index (χ1v) is 8.09. The Balaban J connectivity index is 2.48. The van der Waals surface area contributed by atoms with Gasteiger partial charge in [-0.2, -0.15) is 4.31 Å². The van der Waals surface area contributed by atoms with E-state index in [4.69, 9.17) is 5.11 Å². The first-order valence-electron chi connectivity index (χ1n) is 5.85. The number of carboxylic acid groups (broad SMARTS) is 1. The molecule has 1 N–H and O–H groups in total. The van der Waals surface area contributed by atoms with E-state index in [1.165, 1.54) is 6.07 Å². The molecule has 5 nitrogen and oxygen atoms in total. The fourth-order valence-corrected chi connectivity index (χ4v) is 4.67. The number of carboxylic acids is 1. The largest absolute Gasteiger partial charge is 0.480 e. The fraction of sp³-hybridized carbons (Fsp3) is 0.417. The summed E-state index contributed by atoms with van der Waals surface area (Å²) in [7, 11) is -3.76. The highest BCUT2D eigenvalue weighted by Crippen LogP contribution is 2.30. The van der Waals surface area contributed by atoms with Crippen molar-refractivity contribution in [3.05, 3.63) is 28.2 Å². The van der Waals surface area contributed by atoms with E-state index in [1.807, 2.05) is 0 Å². The van der Waals surface area contributed by atoms with E-state index in [9.17, 15) is 13.2 Å². The zero-order chi connectivity index (χ0) is 14.2. The van der Waals surface area contributed by atoms with Gasteiger partial charge in [0.05, 0.1) is 4.90 Å². The van der Waals surface area contributed by atoms with Crippen molar-refractivity contribution in [3.8, 4) is 0 Å². The number of rotatable bonds is 3. The van der Waals surface area contributed by atoms with Gasteiger partial charge in [0.2, 0.25) is 10.0 Å². The number of sulfonamides is 1. The van der Waals surface area contributed by atoms with Crippen LogP contribution in [-0.2, 0) is 14.8 Å². The van der Waals surface area contributed by atoms with E-state index in [0.717, 1.165) is 4.31 Å². The minimum atomic E-state index is -3.76. The van der Waals surface area contributed by atoms with Crippen molar-refractivity contribution in [2.24, 2.45) is 0 Å². The van der Waals surface area contributed by atoms with Gasteiger partial charge in [-0.1, -0.05) is 22.0 Å². The third kappa shape index (κ3) is 2.54. The van der Waals surface area contributed by atoms with Crippen molar-refractivity contribution in [2.75, 3.05) is 6.54 Å². The second kappa shape index (κ2) is 5.22. The van der Waals surface area contributed by atoms with Gasteiger partial charge < -0.3 is 5.11 Å². The third-order valence-corrected chi connectivity index (χ3v) is 6.21. The Bertz CT molecular complexity index is 614. The summed E-state index contributed by atoms with van der Waals surface area (Å²) in [6.45, 7) is 1.95. The monoisotopic (exact) mass is 347 g/mol. The Hall–Kier alpha value is -0.920. The highest BCUT2D eigenvalue weighted by atomic mass is 79.9. The quantitative estimate of drug-likeness (QED) is 0.907. The SMILES string of the molecule is Cc1c(Br)cccc1S(=O)(=O)N1CCCC1C(=O)O. The van der Waals surface area contributed by atoms with E-state index in [2.05, 4.69) is 15.9 Å². The van der Waals surface area contributed by atoms with Crippen molar-refractivity contribution < 1.29 is 18.3 Å². The molecule has 1 aromatic carbocycles. The molecule has 1 fully saturated rings. The second-order valence-electron chi connectivity index (χ2n) is 4.47. The molecule has 0 saturated carbocycles. The molecule has 0 aromatic heterocycles. The zero-order valence-corrected chi connectivity index (χ0v) is 12.7. The number of hydrogen-bond donors (Lipinski definition) is 1. The Labute approximate surface area is 120 Å². The Morgan fingerprint density at radius 2 is 2.16 bits per heavy atom. The van der Waals surface area contributed by atoms with Gasteiger partial charge in [-0.15, -0.1) is 0 Å². The Morgan fingerprint density at radius 3 is 2.79 bits per heavy atom. The van der Waals surface area contributed by atoms with E-state index in [1.54, 1.807) is 19.1 Å². The number of aliphatic carboxylic acids is 1. The van der Waals surface area contributed by atoms with Crippen LogP contribution in [0.1, 0.15) is 18.4 Å². The van der Waals surface area contributed by atoms with Crippen LogP contribution in [0.4, 0.5) is 0 Å². The molecule has 1 saturated heterocycles. The maximum Gasteiger partial charge on any atom is 0.322 e. The molecular formula is C12H14BrNO4S. The van der Waals surface area contributed by atoms with Crippen LogP contribution in [0.25, 0.3) is 0 Å². The molecule has 2 rings (SSSR count). The van der Waals surface area contributed by atoms with Gasteiger partial charge in [-0.05, 0) is 37.5 Å². The molecule has 1 unspecified atom stereocenters. The molecule has 7 heteroatoms. The lowest BCUT2D eigenvalue weighted by molar-refractivity contribution is -0.140. The summed E-state index contributed by atoms with van der Waals surface area (Å²) in [6.07, 6.45) is 0.935. The van der Waals surface area contributed by atoms with Crippen LogP contribution in [0.15, 0.2) is 27.6 Å². The molecule has 0 spiro atoms. The van der Waals surface area contributed by atoms with Crippen molar-refractivity contribution in [1.29, 1.82) is 0 Å². The van der Waals surface area contributed by atoms with Crippen LogP contribution >= 0.6 is 15.9 Å². The van der Waals surface area contributed by atoms with Crippen LogP contribution in [0.2, 0.25) is 0 Å². The van der Waals surface area contributed by atoms with Crippen LogP contribution in [-0.4, -0.2) is 36.4 Å². The van der Waals surface area contributed by atoms with E-state index in [0.29, 0.717) is 22.9 Å². The topological polar surface area (TPSA) is 74.7 Å². The lowest BCUT2D eigenvalue weighted by Crippen LogP contribution is -2.40. The maximum atomic E-state index is 12.6. The first kappa shape index (κ1) is 14.5. The first-order chi connectivity index (χ1) is 8.85. The van der Waals surface area contributed by atoms with Crippen molar-refractivity contribution in [1.82, 2.24) is 4.31 Å². The maximum absolute atomic E-state index is 12.6. The summed E-state index contributed by atoms with van der Waals surface area (Å²) in [6, 6.07) is 3.94. The van der Waals surface area contributed by atoms with Crippen LogP contribution in [0.5, 0.6) is 0 Å². The molecule has 0 bridgehead atoms. The van der Waals surface area contributed by atoms with Gasteiger partial charge >= 0.3 is 5.97 Å². The number of hydrogen-bond acceptors (Lipinski definition) is 3. The number of nitrogens with zero attached hydrogens (tertiary/aromatic N) is 1. The van der Waals surface area contributed by atoms with Crippen LogP contribution in [0.3, 0.4) is 0 Å². The standard InChI is InChI=1S/C12H14BrNO4S/c1-8-9(13)4-2-6-11(8)19(17,18)14-7-3-5-10(14)12(15)16/h2,4,6,10H,3,5,7H2,1H3,(H,15,16). The summed E-state index contributed by atoms with van der Waals surface area (Å²) in [5.41, 5.74) is 0.596. The summed E-state index contributed by atoms with van der Waals surface area (Å²) in [4.78, 5) is 11.3. The third-order valence-electron chi connectivity index (χ3n) is 3.29. The molecule has 1 aromatic rings. The molecule has 1 atom stereocenters. The van der Waals surface area contributed by atoms with E-state index >= 15 is 0 Å².